The average molecular weight is 548 g/mol. The minimum atomic E-state index is -5.68. The summed E-state index contributed by atoms with van der Waals surface area (Å²) in [5, 5.41) is 9.00. The van der Waals surface area contributed by atoms with Crippen molar-refractivity contribution in [3.05, 3.63) is 51.2 Å². The van der Waals surface area contributed by atoms with Crippen LogP contribution in [0.15, 0.2) is 41.3 Å². The lowest BCUT2D eigenvalue weighted by molar-refractivity contribution is -0.284. The number of thiophene rings is 1. The van der Waals surface area contributed by atoms with Crippen LogP contribution in [0.25, 0.3) is 0 Å². The number of hydrogen-bond acceptors (Lipinski definition) is 4. The molecule has 2 rings (SSSR count). The summed E-state index contributed by atoms with van der Waals surface area (Å²) in [6.07, 6.45) is -6.45. The fourth-order valence-corrected chi connectivity index (χ4v) is 5.68. The first-order valence-corrected chi connectivity index (χ1v) is 12.9. The van der Waals surface area contributed by atoms with Crippen LogP contribution < -0.4 is 4.72 Å². The highest BCUT2D eigenvalue weighted by Gasteiger charge is 2.56. The minimum Gasteiger partial charge on any atom is -0.481 e. The van der Waals surface area contributed by atoms with Crippen LogP contribution in [0.3, 0.4) is 0 Å². The largest absolute Gasteiger partial charge is 0.481 e. The Morgan fingerprint density at radius 1 is 1.03 bits per heavy atom. The summed E-state index contributed by atoms with van der Waals surface area (Å²) in [5.74, 6) is -5.80. The van der Waals surface area contributed by atoms with Gasteiger partial charge in [0.2, 0.25) is 10.0 Å². The van der Waals surface area contributed by atoms with Crippen LogP contribution >= 0.6 is 22.9 Å². The number of carboxylic acid groups (broad SMARTS) is 1. The fourth-order valence-electron chi connectivity index (χ4n) is 3.09. The number of carbonyl (C=O) groups is 1. The standard InChI is InChI=1S/C21H23ClF5NO4S2/c22-14-7-10-16(11-8-14)34(31,32)28-17(5-3-13-20(23,24)21(25,26)27)18-12-9-15(33-18)4-1-2-6-19(29)30/h7-12,17,28H,1-6,13H2,(H,29,30). The Balaban J connectivity index is 2.17. The number of rotatable bonds is 13. The van der Waals surface area contributed by atoms with E-state index < -0.39 is 47.0 Å². The Kier molecular flexibility index (Phi) is 9.87. The van der Waals surface area contributed by atoms with Crippen LogP contribution in [0.5, 0.6) is 0 Å². The van der Waals surface area contributed by atoms with Gasteiger partial charge in [-0.25, -0.2) is 13.1 Å². The normalized spacial score (nSPS) is 13.7. The van der Waals surface area contributed by atoms with Crippen LogP contribution in [0, 0.1) is 0 Å². The number of alkyl halides is 5. The number of halogens is 6. The van der Waals surface area contributed by atoms with Crippen LogP contribution in [0.4, 0.5) is 22.0 Å². The van der Waals surface area contributed by atoms with E-state index in [1.807, 2.05) is 0 Å². The van der Waals surface area contributed by atoms with Crippen LogP contribution in [0.1, 0.15) is 54.3 Å². The van der Waals surface area contributed by atoms with E-state index in [0.29, 0.717) is 29.2 Å². The molecule has 0 spiro atoms. The van der Waals surface area contributed by atoms with Crippen LogP contribution in [-0.2, 0) is 21.2 Å². The first kappa shape index (κ1) is 28.5. The number of benzene rings is 1. The zero-order chi connectivity index (χ0) is 25.6. The summed E-state index contributed by atoms with van der Waals surface area (Å²) in [6.45, 7) is 0. The highest BCUT2D eigenvalue weighted by Crippen LogP contribution is 2.40. The number of aliphatic carboxylic acids is 1. The van der Waals surface area contributed by atoms with Crippen molar-refractivity contribution in [3.8, 4) is 0 Å². The van der Waals surface area contributed by atoms with Gasteiger partial charge >= 0.3 is 18.1 Å². The second-order valence-electron chi connectivity index (χ2n) is 7.63. The Bertz CT molecular complexity index is 1060. The Labute approximate surface area is 203 Å². The van der Waals surface area contributed by atoms with Gasteiger partial charge < -0.3 is 5.11 Å². The second kappa shape index (κ2) is 11.8. The quantitative estimate of drug-likeness (QED) is 0.219. The first-order chi connectivity index (χ1) is 15.7. The zero-order valence-corrected chi connectivity index (χ0v) is 20.1. The lowest BCUT2D eigenvalue weighted by Crippen LogP contribution is -2.36. The molecule has 2 aromatic rings. The van der Waals surface area contributed by atoms with Crippen molar-refractivity contribution in [2.75, 3.05) is 0 Å². The summed E-state index contributed by atoms with van der Waals surface area (Å²) in [7, 11) is -4.12. The van der Waals surface area contributed by atoms with Gasteiger partial charge in [0.05, 0.1) is 10.9 Å². The van der Waals surface area contributed by atoms with E-state index in [-0.39, 0.29) is 17.7 Å². The van der Waals surface area contributed by atoms with Crippen molar-refractivity contribution in [3.63, 3.8) is 0 Å². The van der Waals surface area contributed by atoms with Gasteiger partial charge in [-0.15, -0.1) is 11.3 Å². The molecule has 13 heteroatoms. The molecular weight excluding hydrogens is 525 g/mol. The molecule has 1 heterocycles. The lowest BCUT2D eigenvalue weighted by Gasteiger charge is -2.22. The van der Waals surface area contributed by atoms with E-state index in [1.165, 1.54) is 35.6 Å². The Morgan fingerprint density at radius 3 is 2.26 bits per heavy atom. The number of sulfonamides is 1. The van der Waals surface area contributed by atoms with Gasteiger partial charge in [0, 0.05) is 27.6 Å². The molecular formula is C21H23ClF5NO4S2. The number of unbranched alkanes of at least 4 members (excludes halogenated alkanes) is 1. The molecule has 0 aliphatic heterocycles. The van der Waals surface area contributed by atoms with Gasteiger partial charge in [-0.2, -0.15) is 22.0 Å². The van der Waals surface area contributed by atoms with Crippen molar-refractivity contribution in [2.45, 2.75) is 68.0 Å². The molecule has 190 valence electrons. The third-order valence-corrected chi connectivity index (χ3v) is 7.91. The highest BCUT2D eigenvalue weighted by atomic mass is 35.5. The number of nitrogens with one attached hydrogen (secondary N) is 1. The molecule has 0 aliphatic rings. The van der Waals surface area contributed by atoms with Crippen LogP contribution in [-0.4, -0.2) is 31.6 Å². The van der Waals surface area contributed by atoms with Crippen molar-refractivity contribution < 1.29 is 40.3 Å². The maximum absolute atomic E-state index is 13.3. The van der Waals surface area contributed by atoms with Gasteiger partial charge in [-0.3, -0.25) is 4.79 Å². The number of hydrogen-bond donors (Lipinski definition) is 2. The third-order valence-electron chi connectivity index (χ3n) is 4.91. The van der Waals surface area contributed by atoms with Crippen molar-refractivity contribution in [1.82, 2.24) is 4.72 Å². The average Bonchev–Trinajstić information content (AvgIpc) is 3.18. The highest BCUT2D eigenvalue weighted by molar-refractivity contribution is 7.89. The van der Waals surface area contributed by atoms with E-state index in [0.717, 1.165) is 4.88 Å². The molecule has 0 saturated carbocycles. The molecule has 1 aromatic heterocycles. The molecule has 0 amide bonds. The Morgan fingerprint density at radius 2 is 1.68 bits per heavy atom. The van der Waals surface area contributed by atoms with E-state index in [9.17, 15) is 35.2 Å². The van der Waals surface area contributed by atoms with Crippen molar-refractivity contribution in [1.29, 1.82) is 0 Å². The summed E-state index contributed by atoms with van der Waals surface area (Å²) in [5.41, 5.74) is 0. The monoisotopic (exact) mass is 547 g/mol. The molecule has 0 aliphatic carbocycles. The third kappa shape index (κ3) is 8.47. The molecule has 1 aromatic carbocycles. The van der Waals surface area contributed by atoms with Crippen LogP contribution in [0.2, 0.25) is 5.02 Å². The van der Waals surface area contributed by atoms with E-state index in [2.05, 4.69) is 4.72 Å². The molecule has 0 radical (unpaired) electrons. The smallest absolute Gasteiger partial charge is 0.453 e. The first-order valence-electron chi connectivity index (χ1n) is 10.2. The predicted molar refractivity (Wildman–Crippen MR) is 119 cm³/mol. The molecule has 0 saturated heterocycles. The van der Waals surface area contributed by atoms with Gasteiger partial charge in [0.25, 0.3) is 0 Å². The molecule has 5 nitrogen and oxygen atoms in total. The molecule has 0 bridgehead atoms. The Hall–Kier alpha value is -1.76. The minimum absolute atomic E-state index is 0.00909. The topological polar surface area (TPSA) is 83.5 Å². The maximum atomic E-state index is 13.3. The van der Waals surface area contributed by atoms with Gasteiger partial charge in [-0.1, -0.05) is 11.6 Å². The second-order valence-corrected chi connectivity index (χ2v) is 11.0. The van der Waals surface area contributed by atoms with E-state index >= 15 is 0 Å². The predicted octanol–water partition coefficient (Wildman–Crippen LogP) is 6.59. The summed E-state index contributed by atoms with van der Waals surface area (Å²) in [4.78, 5) is 11.8. The molecule has 2 N–H and O–H groups in total. The van der Waals surface area contributed by atoms with Gasteiger partial charge in [-0.05, 0) is 68.5 Å². The van der Waals surface area contributed by atoms with E-state index in [4.69, 9.17) is 16.7 Å². The zero-order valence-electron chi connectivity index (χ0n) is 17.7. The number of aryl methyl sites for hydroxylation is 1. The van der Waals surface area contributed by atoms with E-state index in [1.54, 1.807) is 12.1 Å². The SMILES string of the molecule is O=C(O)CCCCc1ccc(C(CCCC(F)(F)C(F)(F)F)NS(=O)(=O)c2ccc(Cl)cc2)s1. The number of carboxylic acids is 1. The van der Waals surface area contributed by atoms with Crippen molar-refractivity contribution >= 4 is 38.9 Å². The summed E-state index contributed by atoms with van der Waals surface area (Å²) < 4.78 is 92.2. The van der Waals surface area contributed by atoms with Crippen molar-refractivity contribution in [2.24, 2.45) is 0 Å². The lowest BCUT2D eigenvalue weighted by atomic mass is 10.1. The fraction of sp³-hybridized carbons (Fsp3) is 0.476. The molecule has 1 atom stereocenters. The summed E-state index contributed by atoms with van der Waals surface area (Å²) >= 11 is 6.97. The molecule has 34 heavy (non-hydrogen) atoms. The molecule has 1 unspecified atom stereocenters. The maximum Gasteiger partial charge on any atom is 0.453 e. The molecule has 0 fully saturated rings. The van der Waals surface area contributed by atoms with Gasteiger partial charge in [0.1, 0.15) is 0 Å². The summed E-state index contributed by atoms with van der Waals surface area (Å²) in [6, 6.07) is 7.49. The van der Waals surface area contributed by atoms with Gasteiger partial charge in [0.15, 0.2) is 0 Å².